The smallest absolute Gasteiger partial charge is 0.423 e. The van der Waals surface area contributed by atoms with Gasteiger partial charge in [0.1, 0.15) is 0 Å². The van der Waals surface area contributed by atoms with Gasteiger partial charge in [0, 0.05) is 0 Å². The predicted molar refractivity (Wildman–Crippen MR) is 50.5 cm³/mol. The Morgan fingerprint density at radius 3 is 2.07 bits per heavy atom. The summed E-state index contributed by atoms with van der Waals surface area (Å²) in [5.41, 5.74) is 0.222. The van der Waals surface area contributed by atoms with E-state index in [4.69, 9.17) is 10.0 Å². The molecule has 0 radical (unpaired) electrons. The molecule has 14 heavy (non-hydrogen) atoms. The van der Waals surface area contributed by atoms with E-state index in [1.165, 1.54) is 24.3 Å². The van der Waals surface area contributed by atoms with Crippen molar-refractivity contribution in [3.8, 4) is 0 Å². The lowest BCUT2D eigenvalue weighted by Gasteiger charge is -2.02. The van der Waals surface area contributed by atoms with E-state index in [2.05, 4.69) is 4.18 Å². The minimum atomic E-state index is -3.70. The maximum absolute atomic E-state index is 11.1. The van der Waals surface area contributed by atoms with Crippen molar-refractivity contribution in [1.29, 1.82) is 0 Å². The van der Waals surface area contributed by atoms with Gasteiger partial charge in [-0.05, 0) is 17.6 Å². The molecule has 7 heteroatoms. The molecule has 1 rings (SSSR count). The minimum absolute atomic E-state index is 0.0237. The van der Waals surface area contributed by atoms with E-state index in [0.717, 1.165) is 7.11 Å². The third kappa shape index (κ3) is 2.33. The summed E-state index contributed by atoms with van der Waals surface area (Å²) in [4.78, 5) is -0.0237. The van der Waals surface area contributed by atoms with E-state index >= 15 is 0 Å². The van der Waals surface area contributed by atoms with Crippen molar-refractivity contribution in [2.24, 2.45) is 0 Å². The molecule has 0 saturated carbocycles. The van der Waals surface area contributed by atoms with Crippen LogP contribution in [0.15, 0.2) is 29.2 Å². The standard InChI is InChI=1S/C7H9BO5S/c1-13-14(11,12)7-4-2-6(3-5-7)8(9)10/h2-5,9-10H,1H3. The summed E-state index contributed by atoms with van der Waals surface area (Å²) in [6, 6.07) is 5.09. The molecule has 1 aromatic carbocycles. The first-order valence-electron chi connectivity index (χ1n) is 3.74. The molecule has 1 aromatic rings. The van der Waals surface area contributed by atoms with Crippen LogP contribution in [-0.2, 0) is 14.3 Å². The van der Waals surface area contributed by atoms with E-state index in [0.29, 0.717) is 0 Å². The van der Waals surface area contributed by atoms with Gasteiger partial charge in [-0.1, -0.05) is 12.1 Å². The highest BCUT2D eigenvalue weighted by Gasteiger charge is 2.15. The molecular formula is C7H9BO5S. The molecule has 0 saturated heterocycles. The zero-order valence-electron chi connectivity index (χ0n) is 7.41. The number of hydrogen-bond acceptors (Lipinski definition) is 5. The Labute approximate surface area is 82.2 Å². The van der Waals surface area contributed by atoms with Crippen molar-refractivity contribution in [3.63, 3.8) is 0 Å². The van der Waals surface area contributed by atoms with Crippen LogP contribution >= 0.6 is 0 Å². The predicted octanol–water partition coefficient (Wildman–Crippen LogP) is -1.30. The van der Waals surface area contributed by atoms with Crippen LogP contribution in [0, 0.1) is 0 Å². The zero-order chi connectivity index (χ0) is 10.8. The number of benzene rings is 1. The summed E-state index contributed by atoms with van der Waals surface area (Å²) in [6.07, 6.45) is 0. The first-order chi connectivity index (χ1) is 6.47. The average molecular weight is 216 g/mol. The molecule has 0 aliphatic heterocycles. The SMILES string of the molecule is COS(=O)(=O)c1ccc(B(O)O)cc1. The van der Waals surface area contributed by atoms with Gasteiger partial charge in [-0.15, -0.1) is 0 Å². The minimum Gasteiger partial charge on any atom is -0.423 e. The Morgan fingerprint density at radius 2 is 1.71 bits per heavy atom. The Balaban J connectivity index is 3.06. The van der Waals surface area contributed by atoms with Crippen LogP contribution in [0.2, 0.25) is 0 Å². The highest BCUT2D eigenvalue weighted by molar-refractivity contribution is 7.86. The van der Waals surface area contributed by atoms with Gasteiger partial charge in [0.2, 0.25) is 0 Å². The molecule has 0 aliphatic rings. The van der Waals surface area contributed by atoms with E-state index in [9.17, 15) is 8.42 Å². The molecule has 5 nitrogen and oxygen atoms in total. The van der Waals surface area contributed by atoms with Crippen LogP contribution in [0.5, 0.6) is 0 Å². The maximum atomic E-state index is 11.1. The van der Waals surface area contributed by atoms with Gasteiger partial charge in [0.15, 0.2) is 0 Å². The summed E-state index contributed by atoms with van der Waals surface area (Å²) in [5.74, 6) is 0. The van der Waals surface area contributed by atoms with Crippen LogP contribution in [-0.4, -0.2) is 32.7 Å². The van der Waals surface area contributed by atoms with Crippen LogP contribution < -0.4 is 5.46 Å². The fourth-order valence-electron chi connectivity index (χ4n) is 0.903. The van der Waals surface area contributed by atoms with Crippen molar-refractivity contribution in [1.82, 2.24) is 0 Å². The van der Waals surface area contributed by atoms with E-state index < -0.39 is 17.2 Å². The Morgan fingerprint density at radius 1 is 1.21 bits per heavy atom. The summed E-state index contributed by atoms with van der Waals surface area (Å²) in [7, 11) is -4.25. The quantitative estimate of drug-likeness (QED) is 0.484. The summed E-state index contributed by atoms with van der Waals surface area (Å²) in [5, 5.41) is 17.5. The Kier molecular flexibility index (Phi) is 3.27. The van der Waals surface area contributed by atoms with E-state index in [-0.39, 0.29) is 10.4 Å². The van der Waals surface area contributed by atoms with Crippen molar-refractivity contribution < 1.29 is 22.6 Å². The zero-order valence-corrected chi connectivity index (χ0v) is 8.23. The number of hydrogen-bond donors (Lipinski definition) is 2. The van der Waals surface area contributed by atoms with Gasteiger partial charge in [0.25, 0.3) is 10.1 Å². The van der Waals surface area contributed by atoms with E-state index in [1.807, 2.05) is 0 Å². The van der Waals surface area contributed by atoms with Crippen molar-refractivity contribution in [3.05, 3.63) is 24.3 Å². The van der Waals surface area contributed by atoms with Crippen molar-refractivity contribution in [2.45, 2.75) is 4.90 Å². The van der Waals surface area contributed by atoms with Crippen molar-refractivity contribution in [2.75, 3.05) is 7.11 Å². The first-order valence-corrected chi connectivity index (χ1v) is 5.15. The van der Waals surface area contributed by atoms with Gasteiger partial charge in [-0.25, -0.2) is 0 Å². The first kappa shape index (κ1) is 11.2. The lowest BCUT2D eigenvalue weighted by Crippen LogP contribution is -2.29. The second kappa shape index (κ2) is 4.10. The van der Waals surface area contributed by atoms with Crippen LogP contribution in [0.25, 0.3) is 0 Å². The largest absolute Gasteiger partial charge is 0.488 e. The topological polar surface area (TPSA) is 83.8 Å². The number of rotatable bonds is 3. The fraction of sp³-hybridized carbons (Fsp3) is 0.143. The molecule has 0 fully saturated rings. The van der Waals surface area contributed by atoms with Crippen molar-refractivity contribution >= 4 is 22.7 Å². The van der Waals surface area contributed by atoms with Gasteiger partial charge in [-0.2, -0.15) is 8.42 Å². The molecule has 0 aliphatic carbocycles. The van der Waals surface area contributed by atoms with Gasteiger partial charge in [-0.3, -0.25) is 4.18 Å². The molecule has 76 valence electrons. The van der Waals surface area contributed by atoms with Crippen LogP contribution in [0.4, 0.5) is 0 Å². The van der Waals surface area contributed by atoms with Crippen LogP contribution in [0.3, 0.4) is 0 Å². The second-order valence-electron chi connectivity index (χ2n) is 2.56. The molecule has 0 bridgehead atoms. The molecule has 0 heterocycles. The highest BCUT2D eigenvalue weighted by Crippen LogP contribution is 2.08. The highest BCUT2D eigenvalue weighted by atomic mass is 32.2. The molecule has 0 atom stereocenters. The maximum Gasteiger partial charge on any atom is 0.488 e. The second-order valence-corrected chi connectivity index (χ2v) is 4.28. The average Bonchev–Trinajstić information content (AvgIpc) is 2.18. The monoisotopic (exact) mass is 216 g/mol. The molecule has 0 aromatic heterocycles. The molecule has 2 N–H and O–H groups in total. The van der Waals surface area contributed by atoms with Gasteiger partial charge < -0.3 is 10.0 Å². The fourth-order valence-corrected chi connectivity index (χ4v) is 1.56. The molecular weight excluding hydrogens is 207 g/mol. The Hall–Kier alpha value is -0.885. The van der Waals surface area contributed by atoms with Gasteiger partial charge >= 0.3 is 7.12 Å². The Bertz CT molecular complexity index is 397. The molecule has 0 unspecified atom stereocenters. The summed E-state index contributed by atoms with van der Waals surface area (Å²) < 4.78 is 26.5. The van der Waals surface area contributed by atoms with E-state index in [1.54, 1.807) is 0 Å². The van der Waals surface area contributed by atoms with Gasteiger partial charge in [0.05, 0.1) is 12.0 Å². The lowest BCUT2D eigenvalue weighted by molar-refractivity contribution is 0.397. The summed E-state index contributed by atoms with van der Waals surface area (Å²) in [6.45, 7) is 0. The third-order valence-electron chi connectivity index (χ3n) is 1.69. The molecule has 0 amide bonds. The van der Waals surface area contributed by atoms with Crippen LogP contribution in [0.1, 0.15) is 0 Å². The summed E-state index contributed by atoms with van der Waals surface area (Å²) >= 11 is 0. The molecule has 0 spiro atoms. The normalized spacial score (nSPS) is 11.4. The third-order valence-corrected chi connectivity index (χ3v) is 2.97. The lowest BCUT2D eigenvalue weighted by atomic mass is 9.81.